The van der Waals surface area contributed by atoms with Gasteiger partial charge in [0.1, 0.15) is 11.8 Å². The first-order valence-corrected chi connectivity index (χ1v) is 13.3. The van der Waals surface area contributed by atoms with E-state index in [0.717, 1.165) is 62.2 Å². The number of nitrogens with one attached hydrogen (secondary N) is 3. The van der Waals surface area contributed by atoms with Crippen molar-refractivity contribution in [3.8, 4) is 5.75 Å². The normalized spacial score (nSPS) is 18.8. The molecule has 0 unspecified atom stereocenters. The SMILES string of the molecule is O=C(O)[C@H](Cc1ccc(OCCCCC2CCNCC2)cc1)NCCCCC1CCNCC1. The fraction of sp³-hybridized carbons (Fsp3) is 0.741. The topological polar surface area (TPSA) is 82.6 Å². The highest BCUT2D eigenvalue weighted by Crippen LogP contribution is 2.20. The molecule has 2 saturated heterocycles. The van der Waals surface area contributed by atoms with Gasteiger partial charge in [-0.1, -0.05) is 31.4 Å². The lowest BCUT2D eigenvalue weighted by Crippen LogP contribution is -2.39. The van der Waals surface area contributed by atoms with Crippen LogP contribution in [0.2, 0.25) is 0 Å². The summed E-state index contributed by atoms with van der Waals surface area (Å²) in [5.74, 6) is 1.83. The van der Waals surface area contributed by atoms with E-state index >= 15 is 0 Å². The second kappa shape index (κ2) is 15.3. The van der Waals surface area contributed by atoms with Gasteiger partial charge in [0, 0.05) is 0 Å². The molecule has 6 nitrogen and oxygen atoms in total. The molecule has 3 rings (SSSR count). The number of hydrogen-bond acceptors (Lipinski definition) is 5. The van der Waals surface area contributed by atoms with Crippen molar-refractivity contribution in [3.63, 3.8) is 0 Å². The molecule has 0 saturated carbocycles. The summed E-state index contributed by atoms with van der Waals surface area (Å²) >= 11 is 0. The molecule has 0 amide bonds. The fourth-order valence-electron chi connectivity index (χ4n) is 5.10. The minimum absolute atomic E-state index is 0.500. The summed E-state index contributed by atoms with van der Waals surface area (Å²) in [5.41, 5.74) is 1.03. The third kappa shape index (κ3) is 10.4. The standard InChI is InChI=1S/C27H45N3O3/c31-27(32)26(30-15-3-1-5-22-11-16-28-17-12-22)21-24-7-9-25(10-8-24)33-20-4-2-6-23-13-18-29-19-14-23/h7-10,22-23,26,28-30H,1-6,11-21H2,(H,31,32)/t26-/m0/s1. The van der Waals surface area contributed by atoms with E-state index in [0.29, 0.717) is 6.42 Å². The molecule has 2 aliphatic heterocycles. The Bertz CT molecular complexity index is 655. The number of carbonyl (C=O) groups is 1. The van der Waals surface area contributed by atoms with Crippen molar-refractivity contribution >= 4 is 5.97 Å². The highest BCUT2D eigenvalue weighted by atomic mass is 16.5. The number of hydrogen-bond donors (Lipinski definition) is 4. The van der Waals surface area contributed by atoms with Gasteiger partial charge in [0.2, 0.25) is 0 Å². The molecule has 2 aliphatic rings. The molecule has 4 N–H and O–H groups in total. The van der Waals surface area contributed by atoms with Gasteiger partial charge in [-0.05, 0) is 114 Å². The Hall–Kier alpha value is -1.63. The lowest BCUT2D eigenvalue weighted by molar-refractivity contribution is -0.139. The first kappa shape index (κ1) is 26.0. The summed E-state index contributed by atoms with van der Waals surface area (Å²) in [6.45, 7) is 6.15. The zero-order valence-electron chi connectivity index (χ0n) is 20.3. The van der Waals surface area contributed by atoms with Crippen LogP contribution in [0.25, 0.3) is 0 Å². The van der Waals surface area contributed by atoms with Gasteiger partial charge in [0.25, 0.3) is 0 Å². The molecular weight excluding hydrogens is 414 g/mol. The fourth-order valence-corrected chi connectivity index (χ4v) is 5.10. The molecule has 1 aromatic rings. The Morgan fingerprint density at radius 1 is 0.909 bits per heavy atom. The van der Waals surface area contributed by atoms with Crippen molar-refractivity contribution in [1.82, 2.24) is 16.0 Å². The molecule has 6 heteroatoms. The number of carboxylic acid groups (broad SMARTS) is 1. The summed E-state index contributed by atoms with van der Waals surface area (Å²) in [5, 5.41) is 19.7. The maximum absolute atomic E-state index is 11.7. The van der Waals surface area contributed by atoms with E-state index in [1.54, 1.807) is 0 Å². The first-order valence-electron chi connectivity index (χ1n) is 13.3. The van der Waals surface area contributed by atoms with Crippen molar-refractivity contribution in [2.45, 2.75) is 76.7 Å². The van der Waals surface area contributed by atoms with E-state index in [4.69, 9.17) is 4.74 Å². The predicted octanol–water partition coefficient (Wildman–Crippen LogP) is 3.99. The van der Waals surface area contributed by atoms with E-state index in [2.05, 4.69) is 16.0 Å². The average molecular weight is 460 g/mol. The van der Waals surface area contributed by atoms with Crippen LogP contribution in [0.5, 0.6) is 5.75 Å². The second-order valence-corrected chi connectivity index (χ2v) is 9.92. The van der Waals surface area contributed by atoms with Gasteiger partial charge in [-0.15, -0.1) is 0 Å². The Labute approximate surface area is 200 Å². The largest absolute Gasteiger partial charge is 0.494 e. The van der Waals surface area contributed by atoms with Gasteiger partial charge in [-0.25, -0.2) is 0 Å². The third-order valence-electron chi connectivity index (χ3n) is 7.28. The van der Waals surface area contributed by atoms with Gasteiger partial charge < -0.3 is 25.8 Å². The van der Waals surface area contributed by atoms with Crippen LogP contribution < -0.4 is 20.7 Å². The summed E-state index contributed by atoms with van der Waals surface area (Å²) in [4.78, 5) is 11.7. The van der Waals surface area contributed by atoms with Gasteiger partial charge in [-0.3, -0.25) is 4.79 Å². The molecule has 0 aromatic heterocycles. The van der Waals surface area contributed by atoms with E-state index < -0.39 is 12.0 Å². The van der Waals surface area contributed by atoms with Crippen LogP contribution >= 0.6 is 0 Å². The summed E-state index contributed by atoms with van der Waals surface area (Å²) in [7, 11) is 0. The molecule has 1 atom stereocenters. The van der Waals surface area contributed by atoms with Crippen molar-refractivity contribution in [1.29, 1.82) is 0 Å². The molecule has 0 aliphatic carbocycles. The van der Waals surface area contributed by atoms with Crippen LogP contribution in [-0.2, 0) is 11.2 Å². The number of carboxylic acids is 1. The van der Waals surface area contributed by atoms with Crippen LogP contribution in [0.1, 0.15) is 69.8 Å². The first-order chi connectivity index (χ1) is 16.2. The monoisotopic (exact) mass is 459 g/mol. The zero-order chi connectivity index (χ0) is 23.1. The number of unbranched alkanes of at least 4 members (excludes halogenated alkanes) is 2. The van der Waals surface area contributed by atoms with E-state index in [1.165, 1.54) is 64.5 Å². The molecule has 0 bridgehead atoms. The Kier molecular flexibility index (Phi) is 12.1. The van der Waals surface area contributed by atoms with Crippen LogP contribution in [0.3, 0.4) is 0 Å². The van der Waals surface area contributed by atoms with Crippen LogP contribution in [0.15, 0.2) is 24.3 Å². The van der Waals surface area contributed by atoms with Gasteiger partial charge in [0.15, 0.2) is 0 Å². The quantitative estimate of drug-likeness (QED) is 0.297. The van der Waals surface area contributed by atoms with Crippen LogP contribution in [-0.4, -0.2) is 56.4 Å². The Morgan fingerprint density at radius 3 is 2.06 bits per heavy atom. The number of ether oxygens (including phenoxy) is 1. The van der Waals surface area contributed by atoms with Crippen LogP contribution in [0.4, 0.5) is 0 Å². The minimum atomic E-state index is -0.776. The van der Waals surface area contributed by atoms with E-state index in [9.17, 15) is 9.90 Å². The van der Waals surface area contributed by atoms with Gasteiger partial charge >= 0.3 is 5.97 Å². The molecule has 33 heavy (non-hydrogen) atoms. The molecule has 1 aromatic carbocycles. The zero-order valence-corrected chi connectivity index (χ0v) is 20.3. The molecule has 186 valence electrons. The van der Waals surface area contributed by atoms with Crippen molar-refractivity contribution in [3.05, 3.63) is 29.8 Å². The van der Waals surface area contributed by atoms with Crippen molar-refractivity contribution in [2.24, 2.45) is 11.8 Å². The van der Waals surface area contributed by atoms with Gasteiger partial charge in [-0.2, -0.15) is 0 Å². The highest BCUT2D eigenvalue weighted by molar-refractivity contribution is 5.73. The second-order valence-electron chi connectivity index (χ2n) is 9.92. The van der Waals surface area contributed by atoms with Gasteiger partial charge in [0.05, 0.1) is 6.61 Å². The Morgan fingerprint density at radius 2 is 1.48 bits per heavy atom. The summed E-state index contributed by atoms with van der Waals surface area (Å²) < 4.78 is 5.90. The Balaban J connectivity index is 1.28. The van der Waals surface area contributed by atoms with E-state index in [-0.39, 0.29) is 0 Å². The highest BCUT2D eigenvalue weighted by Gasteiger charge is 2.18. The predicted molar refractivity (Wildman–Crippen MR) is 134 cm³/mol. The lowest BCUT2D eigenvalue weighted by Gasteiger charge is -2.22. The van der Waals surface area contributed by atoms with E-state index in [1.807, 2.05) is 24.3 Å². The third-order valence-corrected chi connectivity index (χ3v) is 7.28. The van der Waals surface area contributed by atoms with Crippen LogP contribution in [0, 0.1) is 11.8 Å². The molecular formula is C27H45N3O3. The number of benzene rings is 1. The smallest absolute Gasteiger partial charge is 0.321 e. The molecule has 0 radical (unpaired) electrons. The molecule has 2 heterocycles. The maximum Gasteiger partial charge on any atom is 0.321 e. The molecule has 2 fully saturated rings. The average Bonchev–Trinajstić information content (AvgIpc) is 2.85. The minimum Gasteiger partial charge on any atom is -0.494 e. The number of aliphatic carboxylic acids is 1. The number of piperidine rings is 2. The summed E-state index contributed by atoms with van der Waals surface area (Å²) in [6, 6.07) is 7.41. The lowest BCUT2D eigenvalue weighted by atomic mass is 9.92. The summed E-state index contributed by atoms with van der Waals surface area (Å²) in [6.07, 6.45) is 12.8. The van der Waals surface area contributed by atoms with Crippen molar-refractivity contribution in [2.75, 3.05) is 39.3 Å². The molecule has 0 spiro atoms. The van der Waals surface area contributed by atoms with Crippen molar-refractivity contribution < 1.29 is 14.6 Å². The maximum atomic E-state index is 11.7. The number of rotatable bonds is 15.